The van der Waals surface area contributed by atoms with Crippen LogP contribution < -0.4 is 0 Å². The maximum atomic E-state index is 12.0. The number of ether oxygens (including phenoxy) is 1. The Morgan fingerprint density at radius 3 is 2.37 bits per heavy atom. The smallest absolute Gasteiger partial charge is 0.337 e. The second kappa shape index (κ2) is 5.83. The van der Waals surface area contributed by atoms with E-state index < -0.39 is 33.6 Å². The second-order valence-corrected chi connectivity index (χ2v) is 6.06. The molecule has 0 radical (unpaired) electrons. The van der Waals surface area contributed by atoms with Gasteiger partial charge in [0.05, 0.1) is 16.6 Å². The highest BCUT2D eigenvalue weighted by Gasteiger charge is 2.25. The molecule has 0 amide bonds. The molecule has 1 aromatic carbocycles. The van der Waals surface area contributed by atoms with E-state index in [-0.39, 0.29) is 10.5 Å². The number of carbonyl (C=O) groups is 2. The Hall–Kier alpha value is -1.89. The molecule has 0 aromatic heterocycles. The maximum absolute atomic E-state index is 12.0. The van der Waals surface area contributed by atoms with Crippen LogP contribution in [0.15, 0.2) is 29.2 Å². The van der Waals surface area contributed by atoms with Crippen LogP contribution in [0.1, 0.15) is 24.2 Å². The molecule has 0 saturated carbocycles. The number of benzene rings is 1. The van der Waals surface area contributed by atoms with E-state index in [4.69, 9.17) is 9.84 Å². The topological polar surface area (TPSA) is 97.7 Å². The highest BCUT2D eigenvalue weighted by molar-refractivity contribution is 7.92. The zero-order valence-corrected chi connectivity index (χ0v) is 11.3. The zero-order chi connectivity index (χ0) is 14.6. The van der Waals surface area contributed by atoms with E-state index >= 15 is 0 Å². The number of rotatable bonds is 5. The lowest BCUT2D eigenvalue weighted by atomic mass is 10.2. The van der Waals surface area contributed by atoms with Crippen LogP contribution in [0.2, 0.25) is 0 Å². The van der Waals surface area contributed by atoms with Crippen molar-refractivity contribution in [2.45, 2.75) is 24.8 Å². The number of carboxylic acid groups (broad SMARTS) is 1. The number of carboxylic acids is 1. The van der Waals surface area contributed by atoms with Crippen molar-refractivity contribution in [3.63, 3.8) is 0 Å². The number of carbonyl (C=O) groups excluding carboxylic acids is 1. The van der Waals surface area contributed by atoms with Crippen molar-refractivity contribution in [3.8, 4) is 0 Å². The van der Waals surface area contributed by atoms with E-state index in [9.17, 15) is 18.0 Å². The molecule has 0 aliphatic heterocycles. The van der Waals surface area contributed by atoms with Crippen LogP contribution >= 0.6 is 0 Å². The maximum Gasteiger partial charge on any atom is 0.337 e. The van der Waals surface area contributed by atoms with E-state index in [0.29, 0.717) is 0 Å². The lowest BCUT2D eigenvalue weighted by molar-refractivity contribution is -0.144. The Balaban J connectivity index is 3.08. The van der Waals surface area contributed by atoms with E-state index in [1.807, 2.05) is 0 Å². The summed E-state index contributed by atoms with van der Waals surface area (Å²) in [6, 6.07) is 5.13. The van der Waals surface area contributed by atoms with Crippen molar-refractivity contribution in [1.29, 1.82) is 0 Å². The second-order valence-electron chi connectivity index (χ2n) is 4.10. The Morgan fingerprint density at radius 1 is 1.26 bits per heavy atom. The predicted octanol–water partition coefficient (Wildman–Crippen LogP) is 1.11. The molecule has 6 nitrogen and oxygen atoms in total. The molecule has 0 heterocycles. The quantitative estimate of drug-likeness (QED) is 0.814. The first-order chi connectivity index (χ1) is 8.74. The minimum absolute atomic E-state index is 0.361. The van der Waals surface area contributed by atoms with E-state index in [0.717, 1.165) is 6.07 Å². The zero-order valence-electron chi connectivity index (χ0n) is 10.5. The highest BCUT2D eigenvalue weighted by Crippen LogP contribution is 2.17. The number of esters is 1. The Morgan fingerprint density at radius 2 is 1.84 bits per heavy atom. The van der Waals surface area contributed by atoms with Gasteiger partial charge in [-0.05, 0) is 26.0 Å². The van der Waals surface area contributed by atoms with Gasteiger partial charge in [-0.1, -0.05) is 12.1 Å². The van der Waals surface area contributed by atoms with Crippen LogP contribution in [0, 0.1) is 0 Å². The summed E-state index contributed by atoms with van der Waals surface area (Å²) < 4.78 is 28.7. The molecule has 0 saturated heterocycles. The summed E-state index contributed by atoms with van der Waals surface area (Å²) in [4.78, 5) is 21.9. The van der Waals surface area contributed by atoms with Crippen molar-refractivity contribution in [2.24, 2.45) is 0 Å². The van der Waals surface area contributed by atoms with Crippen LogP contribution in [0.5, 0.6) is 0 Å². The Kier molecular flexibility index (Phi) is 4.66. The van der Waals surface area contributed by atoms with Crippen molar-refractivity contribution >= 4 is 21.8 Å². The molecule has 0 spiro atoms. The van der Waals surface area contributed by atoms with Crippen LogP contribution in [0.25, 0.3) is 0 Å². The third-order valence-corrected chi connectivity index (χ3v) is 3.77. The first-order valence-electron chi connectivity index (χ1n) is 5.48. The molecule has 0 aliphatic carbocycles. The lowest BCUT2D eigenvalue weighted by Crippen LogP contribution is -2.23. The van der Waals surface area contributed by atoms with Crippen molar-refractivity contribution in [1.82, 2.24) is 0 Å². The molecular weight excluding hydrogens is 272 g/mol. The van der Waals surface area contributed by atoms with Crippen LogP contribution in [-0.2, 0) is 19.4 Å². The Labute approximate surface area is 110 Å². The fourth-order valence-electron chi connectivity index (χ4n) is 1.44. The van der Waals surface area contributed by atoms with Gasteiger partial charge in [-0.25, -0.2) is 13.2 Å². The summed E-state index contributed by atoms with van der Waals surface area (Å²) >= 11 is 0. The minimum Gasteiger partial charge on any atom is -0.478 e. The fourth-order valence-corrected chi connectivity index (χ4v) is 2.75. The monoisotopic (exact) mass is 286 g/mol. The van der Waals surface area contributed by atoms with Crippen LogP contribution in [0.3, 0.4) is 0 Å². The van der Waals surface area contributed by atoms with Crippen molar-refractivity contribution in [2.75, 3.05) is 5.75 Å². The summed E-state index contributed by atoms with van der Waals surface area (Å²) in [6.45, 7) is 3.19. The normalized spacial score (nSPS) is 11.3. The molecule has 0 unspecified atom stereocenters. The molecule has 1 N–H and O–H groups in total. The lowest BCUT2D eigenvalue weighted by Gasteiger charge is -2.09. The standard InChI is InChI=1S/C12H14O6S/c1-8(2)18-11(13)7-19(16,17)10-6-4-3-5-9(10)12(14)15/h3-6,8H,7H2,1-2H3,(H,14,15). The van der Waals surface area contributed by atoms with Crippen LogP contribution in [-0.4, -0.2) is 37.3 Å². The third kappa shape index (κ3) is 4.06. The molecular formula is C12H14O6S. The average molecular weight is 286 g/mol. The van der Waals surface area contributed by atoms with Gasteiger partial charge in [-0.2, -0.15) is 0 Å². The SMILES string of the molecule is CC(C)OC(=O)CS(=O)(=O)c1ccccc1C(=O)O. The third-order valence-electron chi connectivity index (χ3n) is 2.13. The van der Waals surface area contributed by atoms with E-state index in [1.165, 1.54) is 18.2 Å². The summed E-state index contributed by atoms with van der Waals surface area (Å²) in [5, 5.41) is 8.93. The molecule has 0 fully saturated rings. The van der Waals surface area contributed by atoms with Gasteiger partial charge in [0.2, 0.25) is 0 Å². The molecule has 7 heteroatoms. The van der Waals surface area contributed by atoms with Gasteiger partial charge in [0.1, 0.15) is 0 Å². The van der Waals surface area contributed by atoms with E-state index in [1.54, 1.807) is 13.8 Å². The largest absolute Gasteiger partial charge is 0.478 e. The summed E-state index contributed by atoms with van der Waals surface area (Å²) in [7, 11) is -4.04. The molecule has 104 valence electrons. The first kappa shape index (κ1) is 15.2. The average Bonchev–Trinajstić information content (AvgIpc) is 2.26. The summed E-state index contributed by atoms with van der Waals surface area (Å²) in [6.07, 6.45) is -0.433. The molecule has 0 bridgehead atoms. The first-order valence-corrected chi connectivity index (χ1v) is 7.14. The van der Waals surface area contributed by atoms with Gasteiger partial charge in [0.15, 0.2) is 15.6 Å². The van der Waals surface area contributed by atoms with Crippen LogP contribution in [0.4, 0.5) is 0 Å². The Bertz CT molecular complexity index is 588. The van der Waals surface area contributed by atoms with Gasteiger partial charge >= 0.3 is 11.9 Å². The van der Waals surface area contributed by atoms with Gasteiger partial charge in [-0.15, -0.1) is 0 Å². The number of aromatic carboxylic acids is 1. The predicted molar refractivity (Wildman–Crippen MR) is 66.7 cm³/mol. The van der Waals surface area contributed by atoms with E-state index in [2.05, 4.69) is 0 Å². The van der Waals surface area contributed by atoms with Crippen molar-refractivity contribution in [3.05, 3.63) is 29.8 Å². The number of hydrogen-bond acceptors (Lipinski definition) is 5. The van der Waals surface area contributed by atoms with Gasteiger partial charge in [0.25, 0.3) is 0 Å². The molecule has 1 rings (SSSR count). The van der Waals surface area contributed by atoms with Gasteiger partial charge in [-0.3, -0.25) is 4.79 Å². The number of hydrogen-bond donors (Lipinski definition) is 1. The minimum atomic E-state index is -4.04. The van der Waals surface area contributed by atoms with Gasteiger partial charge < -0.3 is 9.84 Å². The molecule has 19 heavy (non-hydrogen) atoms. The molecule has 1 aromatic rings. The molecule has 0 aliphatic rings. The summed E-state index contributed by atoms with van der Waals surface area (Å²) in [5.74, 6) is -3.15. The summed E-state index contributed by atoms with van der Waals surface area (Å²) in [5.41, 5.74) is -0.361. The molecule has 0 atom stereocenters. The highest BCUT2D eigenvalue weighted by atomic mass is 32.2. The fraction of sp³-hybridized carbons (Fsp3) is 0.333. The van der Waals surface area contributed by atoms with Gasteiger partial charge in [0, 0.05) is 0 Å². The number of sulfone groups is 1. The van der Waals surface area contributed by atoms with Crippen molar-refractivity contribution < 1.29 is 27.9 Å².